The first-order chi connectivity index (χ1) is 7.38. The first kappa shape index (κ1) is 14.7. The molecule has 3 N–H and O–H groups in total. The van der Waals surface area contributed by atoms with Gasteiger partial charge in [0, 0.05) is 13.2 Å². The lowest BCUT2D eigenvalue weighted by molar-refractivity contribution is -0.132. The summed E-state index contributed by atoms with van der Waals surface area (Å²) >= 11 is 0. The van der Waals surface area contributed by atoms with Crippen LogP contribution < -0.4 is 11.1 Å². The third-order valence-electron chi connectivity index (χ3n) is 1.89. The van der Waals surface area contributed by atoms with Crippen LogP contribution in [0.4, 0.5) is 0 Å². The maximum absolute atomic E-state index is 11.4. The highest BCUT2D eigenvalue weighted by Crippen LogP contribution is 1.95. The van der Waals surface area contributed by atoms with Crippen molar-refractivity contribution in [2.75, 3.05) is 7.11 Å². The normalized spacial score (nSPS) is 15.8. The number of rotatable bonds is 6. The van der Waals surface area contributed by atoms with E-state index in [-0.39, 0.29) is 23.9 Å². The third-order valence-corrected chi connectivity index (χ3v) is 1.89. The Hall–Kier alpha value is -1.30. The van der Waals surface area contributed by atoms with Crippen LogP contribution in [-0.2, 0) is 14.4 Å². The minimum atomic E-state index is -0.676. The maximum Gasteiger partial charge on any atom is 0.263 e. The molecule has 6 nitrogen and oxygen atoms in total. The van der Waals surface area contributed by atoms with E-state index in [1.165, 1.54) is 7.11 Å². The van der Waals surface area contributed by atoms with Crippen molar-refractivity contribution >= 4 is 11.7 Å². The second kappa shape index (κ2) is 7.05. The standard InChI is InChI=1S/C10H21N3O3/c1-6(2)12-10(14)8(4)16-13-9(11)7(3)15-5/h6-8H,1-5H3,(H2,11,13)(H,12,14)/t7-,8+/m0/s1. The number of carbonyl (C=O) groups excluding carboxylic acids is 1. The van der Waals surface area contributed by atoms with Crippen molar-refractivity contribution in [2.24, 2.45) is 10.9 Å². The molecule has 0 fully saturated rings. The van der Waals surface area contributed by atoms with Gasteiger partial charge in [0.15, 0.2) is 5.84 Å². The van der Waals surface area contributed by atoms with E-state index in [4.69, 9.17) is 15.3 Å². The Morgan fingerprint density at radius 1 is 1.25 bits per heavy atom. The number of nitrogens with two attached hydrogens (primary N) is 1. The smallest absolute Gasteiger partial charge is 0.263 e. The van der Waals surface area contributed by atoms with Crippen LogP contribution >= 0.6 is 0 Å². The Morgan fingerprint density at radius 3 is 2.25 bits per heavy atom. The van der Waals surface area contributed by atoms with Crippen LogP contribution in [0.3, 0.4) is 0 Å². The molecule has 0 spiro atoms. The lowest BCUT2D eigenvalue weighted by Gasteiger charge is -2.14. The van der Waals surface area contributed by atoms with Crippen LogP contribution in [0.1, 0.15) is 27.7 Å². The number of nitrogens with one attached hydrogen (secondary N) is 1. The number of nitrogens with zero attached hydrogens (tertiary/aromatic N) is 1. The molecule has 0 aromatic carbocycles. The molecule has 94 valence electrons. The molecule has 6 heteroatoms. The third kappa shape index (κ3) is 5.55. The number of amidine groups is 1. The van der Waals surface area contributed by atoms with E-state index in [2.05, 4.69) is 10.5 Å². The van der Waals surface area contributed by atoms with Crippen LogP contribution in [0.5, 0.6) is 0 Å². The van der Waals surface area contributed by atoms with Crippen molar-refractivity contribution in [1.29, 1.82) is 0 Å². The summed E-state index contributed by atoms with van der Waals surface area (Å²) < 4.78 is 4.93. The summed E-state index contributed by atoms with van der Waals surface area (Å²) in [5, 5.41) is 6.34. The minimum Gasteiger partial charge on any atom is -0.382 e. The van der Waals surface area contributed by atoms with Gasteiger partial charge in [-0.15, -0.1) is 0 Å². The van der Waals surface area contributed by atoms with Gasteiger partial charge >= 0.3 is 0 Å². The van der Waals surface area contributed by atoms with Crippen LogP contribution in [0, 0.1) is 0 Å². The Labute approximate surface area is 96.2 Å². The molecular weight excluding hydrogens is 210 g/mol. The van der Waals surface area contributed by atoms with Crippen LogP contribution in [0.2, 0.25) is 0 Å². The molecule has 0 rings (SSSR count). The van der Waals surface area contributed by atoms with Crippen LogP contribution in [0.25, 0.3) is 0 Å². The fourth-order valence-electron chi connectivity index (χ4n) is 0.785. The molecule has 0 aromatic rings. The Kier molecular flexibility index (Phi) is 6.48. The second-order valence-electron chi connectivity index (χ2n) is 3.81. The van der Waals surface area contributed by atoms with E-state index in [1.54, 1.807) is 13.8 Å². The predicted octanol–water partition coefficient (Wildman–Crippen LogP) is 0.223. The monoisotopic (exact) mass is 231 g/mol. The summed E-state index contributed by atoms with van der Waals surface area (Å²) in [6.45, 7) is 7.08. The van der Waals surface area contributed by atoms with Crippen molar-refractivity contribution in [3.63, 3.8) is 0 Å². The van der Waals surface area contributed by atoms with Gasteiger partial charge in [-0.25, -0.2) is 0 Å². The van der Waals surface area contributed by atoms with Crippen molar-refractivity contribution < 1.29 is 14.4 Å². The maximum atomic E-state index is 11.4. The number of carbonyl (C=O) groups is 1. The van der Waals surface area contributed by atoms with Gasteiger partial charge in [-0.3, -0.25) is 4.79 Å². The van der Waals surface area contributed by atoms with E-state index in [1.807, 2.05) is 13.8 Å². The van der Waals surface area contributed by atoms with Gasteiger partial charge in [-0.05, 0) is 27.7 Å². The van der Waals surface area contributed by atoms with Gasteiger partial charge in [0.2, 0.25) is 6.10 Å². The van der Waals surface area contributed by atoms with E-state index < -0.39 is 6.10 Å². The van der Waals surface area contributed by atoms with E-state index in [0.717, 1.165) is 0 Å². The summed E-state index contributed by atoms with van der Waals surface area (Å²) in [5.41, 5.74) is 5.55. The minimum absolute atomic E-state index is 0.0674. The number of hydrogen-bond acceptors (Lipinski definition) is 4. The number of hydrogen-bond donors (Lipinski definition) is 2. The SMILES string of the molecule is CO[C@@H](C)/C(N)=N\O[C@H](C)C(=O)NC(C)C. The molecule has 16 heavy (non-hydrogen) atoms. The molecule has 0 bridgehead atoms. The molecule has 0 aliphatic rings. The predicted molar refractivity (Wildman–Crippen MR) is 61.9 cm³/mol. The van der Waals surface area contributed by atoms with Crippen molar-refractivity contribution in [2.45, 2.75) is 45.9 Å². The Bertz CT molecular complexity index is 254. The molecule has 2 atom stereocenters. The molecule has 0 aliphatic carbocycles. The molecule has 0 saturated carbocycles. The fraction of sp³-hybridized carbons (Fsp3) is 0.800. The number of amides is 1. The van der Waals surface area contributed by atoms with Gasteiger partial charge in [0.25, 0.3) is 5.91 Å². The summed E-state index contributed by atoms with van der Waals surface area (Å²) in [6.07, 6.45) is -1.01. The number of ether oxygens (including phenoxy) is 1. The number of oxime groups is 1. The summed E-state index contributed by atoms with van der Waals surface area (Å²) in [4.78, 5) is 16.4. The zero-order chi connectivity index (χ0) is 12.7. The van der Waals surface area contributed by atoms with Gasteiger partial charge in [0.05, 0.1) is 0 Å². The molecule has 0 heterocycles. The molecule has 0 unspecified atom stereocenters. The van der Waals surface area contributed by atoms with Gasteiger partial charge in [-0.2, -0.15) is 0 Å². The second-order valence-corrected chi connectivity index (χ2v) is 3.81. The molecule has 0 radical (unpaired) electrons. The average Bonchev–Trinajstić information content (AvgIpc) is 2.23. The lowest BCUT2D eigenvalue weighted by Crippen LogP contribution is -2.38. The van der Waals surface area contributed by atoms with E-state index >= 15 is 0 Å². The first-order valence-corrected chi connectivity index (χ1v) is 5.20. The van der Waals surface area contributed by atoms with Crippen molar-refractivity contribution in [1.82, 2.24) is 5.32 Å². The van der Waals surface area contributed by atoms with Gasteiger partial charge in [-0.1, -0.05) is 5.16 Å². The molecule has 0 aliphatic heterocycles. The van der Waals surface area contributed by atoms with Gasteiger partial charge in [0.1, 0.15) is 6.10 Å². The molecule has 0 saturated heterocycles. The van der Waals surface area contributed by atoms with Crippen molar-refractivity contribution in [3.8, 4) is 0 Å². The fourth-order valence-corrected chi connectivity index (χ4v) is 0.785. The quantitative estimate of drug-likeness (QED) is 0.389. The highest BCUT2D eigenvalue weighted by molar-refractivity contribution is 5.84. The Morgan fingerprint density at radius 2 is 1.81 bits per heavy atom. The van der Waals surface area contributed by atoms with Crippen LogP contribution in [0.15, 0.2) is 5.16 Å². The topological polar surface area (TPSA) is 85.9 Å². The largest absolute Gasteiger partial charge is 0.382 e. The van der Waals surface area contributed by atoms with E-state index in [0.29, 0.717) is 0 Å². The lowest BCUT2D eigenvalue weighted by atomic mass is 10.3. The summed E-state index contributed by atoms with van der Waals surface area (Å²) in [6, 6.07) is 0.0674. The van der Waals surface area contributed by atoms with Gasteiger partial charge < -0.3 is 20.6 Å². The summed E-state index contributed by atoms with van der Waals surface area (Å²) in [5.74, 6) is -0.0247. The summed E-state index contributed by atoms with van der Waals surface area (Å²) in [7, 11) is 1.52. The average molecular weight is 231 g/mol. The molecular formula is C10H21N3O3. The highest BCUT2D eigenvalue weighted by Gasteiger charge is 2.15. The van der Waals surface area contributed by atoms with Crippen LogP contribution in [-0.4, -0.2) is 37.1 Å². The molecule has 0 aromatic heterocycles. The zero-order valence-corrected chi connectivity index (χ0v) is 10.5. The first-order valence-electron chi connectivity index (χ1n) is 5.20. The van der Waals surface area contributed by atoms with E-state index in [9.17, 15) is 4.79 Å². The Balaban J connectivity index is 4.14. The number of methoxy groups -OCH3 is 1. The molecule has 1 amide bonds. The van der Waals surface area contributed by atoms with Crippen molar-refractivity contribution in [3.05, 3.63) is 0 Å². The zero-order valence-electron chi connectivity index (χ0n) is 10.5. The highest BCUT2D eigenvalue weighted by atomic mass is 16.6.